The van der Waals surface area contributed by atoms with Gasteiger partial charge in [0.2, 0.25) is 0 Å². The number of hydrogen-bond donors (Lipinski definition) is 2. The van der Waals surface area contributed by atoms with Crippen LogP contribution in [0.25, 0.3) is 0 Å². The number of ether oxygens (including phenoxy) is 1. The van der Waals surface area contributed by atoms with Gasteiger partial charge in [-0.15, -0.1) is 0 Å². The second kappa shape index (κ2) is 7.53. The fourth-order valence-corrected chi connectivity index (χ4v) is 2.19. The van der Waals surface area contributed by atoms with E-state index in [1.165, 1.54) is 0 Å². The van der Waals surface area contributed by atoms with Crippen LogP contribution in [0.5, 0.6) is 0 Å². The molecule has 0 aromatic heterocycles. The SMILES string of the molecule is C[C@H](NC(=O)OC(C)(C)C)c1ccc(C(O)C(C)(C)N(C)C)cc1. The maximum absolute atomic E-state index is 11.8. The van der Waals surface area contributed by atoms with Crippen molar-refractivity contribution in [1.82, 2.24) is 10.2 Å². The molecule has 0 aliphatic carbocycles. The molecule has 2 N–H and O–H groups in total. The van der Waals surface area contributed by atoms with E-state index < -0.39 is 17.8 Å². The Balaban J connectivity index is 2.79. The molecule has 1 unspecified atom stereocenters. The van der Waals surface area contributed by atoms with Crippen LogP contribution in [0.1, 0.15) is 64.8 Å². The minimum Gasteiger partial charge on any atom is -0.444 e. The molecule has 24 heavy (non-hydrogen) atoms. The minimum atomic E-state index is -0.601. The highest BCUT2D eigenvalue weighted by Crippen LogP contribution is 2.30. The van der Waals surface area contributed by atoms with E-state index in [-0.39, 0.29) is 11.6 Å². The predicted molar refractivity (Wildman–Crippen MR) is 97.0 cm³/mol. The number of carbonyl (C=O) groups excluding carboxylic acids is 1. The van der Waals surface area contributed by atoms with Gasteiger partial charge >= 0.3 is 6.09 Å². The minimum absolute atomic E-state index is 0.173. The summed E-state index contributed by atoms with van der Waals surface area (Å²) >= 11 is 0. The number of carbonyl (C=O) groups is 1. The van der Waals surface area contributed by atoms with Gasteiger partial charge in [-0.1, -0.05) is 24.3 Å². The van der Waals surface area contributed by atoms with Crippen molar-refractivity contribution in [3.8, 4) is 0 Å². The number of likely N-dealkylation sites (N-methyl/N-ethyl adjacent to an activating group) is 1. The first-order valence-electron chi connectivity index (χ1n) is 8.29. The van der Waals surface area contributed by atoms with E-state index in [1.807, 2.05) is 84.8 Å². The molecule has 0 aliphatic rings. The van der Waals surface area contributed by atoms with Gasteiger partial charge in [0.25, 0.3) is 0 Å². The van der Waals surface area contributed by atoms with Crippen molar-refractivity contribution in [2.24, 2.45) is 0 Å². The summed E-state index contributed by atoms with van der Waals surface area (Å²) in [6, 6.07) is 7.48. The van der Waals surface area contributed by atoms with Crippen molar-refractivity contribution < 1.29 is 14.6 Å². The summed E-state index contributed by atoms with van der Waals surface area (Å²) in [7, 11) is 3.90. The van der Waals surface area contributed by atoms with Crippen molar-refractivity contribution in [3.05, 3.63) is 35.4 Å². The number of alkyl carbamates (subject to hydrolysis) is 1. The molecule has 0 aliphatic heterocycles. The van der Waals surface area contributed by atoms with E-state index in [2.05, 4.69) is 5.32 Å². The smallest absolute Gasteiger partial charge is 0.408 e. The van der Waals surface area contributed by atoms with Crippen LogP contribution in [0.3, 0.4) is 0 Å². The predicted octanol–water partition coefficient (Wildman–Crippen LogP) is 3.65. The summed E-state index contributed by atoms with van der Waals surface area (Å²) < 4.78 is 5.27. The molecule has 0 saturated carbocycles. The Morgan fingerprint density at radius 1 is 1.08 bits per heavy atom. The van der Waals surface area contributed by atoms with Crippen molar-refractivity contribution in [2.45, 2.75) is 64.8 Å². The monoisotopic (exact) mass is 336 g/mol. The zero-order chi connectivity index (χ0) is 18.7. The quantitative estimate of drug-likeness (QED) is 0.862. The van der Waals surface area contributed by atoms with Gasteiger partial charge in [0.15, 0.2) is 0 Å². The molecule has 0 spiro atoms. The van der Waals surface area contributed by atoms with Crippen LogP contribution in [0, 0.1) is 0 Å². The van der Waals surface area contributed by atoms with Gasteiger partial charge in [0.05, 0.1) is 12.1 Å². The lowest BCUT2D eigenvalue weighted by molar-refractivity contribution is 0.0164. The Bertz CT molecular complexity index is 545. The first-order chi connectivity index (χ1) is 10.8. The number of amides is 1. The molecule has 0 saturated heterocycles. The average Bonchev–Trinajstić information content (AvgIpc) is 2.44. The maximum Gasteiger partial charge on any atom is 0.408 e. The Labute approximate surface area is 146 Å². The molecule has 5 heteroatoms. The number of aliphatic hydroxyl groups excluding tert-OH is 1. The Morgan fingerprint density at radius 2 is 1.54 bits per heavy atom. The molecule has 1 rings (SSSR count). The fourth-order valence-electron chi connectivity index (χ4n) is 2.19. The topological polar surface area (TPSA) is 61.8 Å². The summed E-state index contributed by atoms with van der Waals surface area (Å²) in [5.74, 6) is 0. The van der Waals surface area contributed by atoms with Crippen LogP contribution in [-0.4, -0.2) is 41.3 Å². The van der Waals surface area contributed by atoms with Gasteiger partial charge in [-0.3, -0.25) is 0 Å². The summed E-state index contributed by atoms with van der Waals surface area (Å²) in [5, 5.41) is 13.4. The molecule has 1 aromatic rings. The van der Waals surface area contributed by atoms with E-state index >= 15 is 0 Å². The van der Waals surface area contributed by atoms with Crippen LogP contribution in [0.15, 0.2) is 24.3 Å². The molecular formula is C19H32N2O3. The van der Waals surface area contributed by atoms with E-state index in [0.29, 0.717) is 0 Å². The summed E-state index contributed by atoms with van der Waals surface area (Å²) in [6.07, 6.45) is -1.04. The maximum atomic E-state index is 11.8. The first-order valence-corrected chi connectivity index (χ1v) is 8.29. The molecular weight excluding hydrogens is 304 g/mol. The van der Waals surface area contributed by atoms with Crippen LogP contribution in [-0.2, 0) is 4.74 Å². The van der Waals surface area contributed by atoms with Gasteiger partial charge in [-0.2, -0.15) is 0 Å². The van der Waals surface area contributed by atoms with Gasteiger partial charge in [0.1, 0.15) is 5.60 Å². The zero-order valence-electron chi connectivity index (χ0n) is 16.2. The number of aliphatic hydroxyl groups is 1. The number of hydrogen-bond acceptors (Lipinski definition) is 4. The normalized spacial score (nSPS) is 15.1. The Hall–Kier alpha value is -1.59. The molecule has 1 aromatic carbocycles. The second-order valence-corrected chi connectivity index (χ2v) is 7.99. The van der Waals surface area contributed by atoms with Gasteiger partial charge in [-0.25, -0.2) is 4.79 Å². The lowest BCUT2D eigenvalue weighted by Gasteiger charge is -2.37. The summed E-state index contributed by atoms with van der Waals surface area (Å²) in [5.41, 5.74) is 0.915. The molecule has 136 valence electrons. The zero-order valence-corrected chi connectivity index (χ0v) is 16.2. The fraction of sp³-hybridized carbons (Fsp3) is 0.632. The van der Waals surface area contributed by atoms with E-state index in [4.69, 9.17) is 4.74 Å². The summed E-state index contributed by atoms with van der Waals surface area (Å²) in [4.78, 5) is 13.8. The van der Waals surface area contributed by atoms with E-state index in [1.54, 1.807) is 0 Å². The van der Waals surface area contributed by atoms with Crippen LogP contribution >= 0.6 is 0 Å². The molecule has 2 atom stereocenters. The van der Waals surface area contributed by atoms with Crippen LogP contribution < -0.4 is 5.32 Å². The Morgan fingerprint density at radius 3 is 1.96 bits per heavy atom. The number of rotatable bonds is 5. The van der Waals surface area contributed by atoms with Gasteiger partial charge in [0, 0.05) is 5.54 Å². The van der Waals surface area contributed by atoms with E-state index in [9.17, 15) is 9.90 Å². The van der Waals surface area contributed by atoms with Crippen molar-refractivity contribution >= 4 is 6.09 Å². The molecule has 0 radical (unpaired) electrons. The molecule has 0 bridgehead atoms. The molecule has 0 fully saturated rings. The highest BCUT2D eigenvalue weighted by Gasteiger charge is 2.31. The third-order valence-corrected chi connectivity index (χ3v) is 4.31. The molecule has 0 heterocycles. The first kappa shape index (κ1) is 20.5. The van der Waals surface area contributed by atoms with Crippen molar-refractivity contribution in [2.75, 3.05) is 14.1 Å². The van der Waals surface area contributed by atoms with Crippen molar-refractivity contribution in [1.29, 1.82) is 0 Å². The Kier molecular flexibility index (Phi) is 6.42. The second-order valence-electron chi connectivity index (χ2n) is 7.99. The third kappa shape index (κ3) is 5.49. The highest BCUT2D eigenvalue weighted by atomic mass is 16.6. The standard InChI is InChI=1S/C19H32N2O3/c1-13(20-17(23)24-18(2,3)4)14-9-11-15(12-10-14)16(22)19(5,6)21(7)8/h9-13,16,22H,1-8H3,(H,20,23)/t13-,16?/m0/s1. The van der Waals surface area contributed by atoms with Gasteiger partial charge < -0.3 is 20.1 Å². The van der Waals surface area contributed by atoms with Crippen LogP contribution in [0.4, 0.5) is 4.79 Å². The molecule has 1 amide bonds. The third-order valence-electron chi connectivity index (χ3n) is 4.31. The molecule has 5 nitrogen and oxygen atoms in total. The van der Waals surface area contributed by atoms with E-state index in [0.717, 1.165) is 11.1 Å². The lowest BCUT2D eigenvalue weighted by Crippen LogP contribution is -2.43. The number of nitrogens with one attached hydrogen (secondary N) is 1. The average molecular weight is 336 g/mol. The highest BCUT2D eigenvalue weighted by molar-refractivity contribution is 5.68. The summed E-state index contributed by atoms with van der Waals surface area (Å²) in [6.45, 7) is 11.4. The van der Waals surface area contributed by atoms with Crippen LogP contribution in [0.2, 0.25) is 0 Å². The van der Waals surface area contributed by atoms with Gasteiger partial charge in [-0.05, 0) is 66.8 Å². The van der Waals surface area contributed by atoms with Crippen molar-refractivity contribution in [3.63, 3.8) is 0 Å². The largest absolute Gasteiger partial charge is 0.444 e. The lowest BCUT2D eigenvalue weighted by atomic mass is 9.89. The number of nitrogens with zero attached hydrogens (tertiary/aromatic N) is 1. The number of benzene rings is 1.